The number of benzene rings is 2. The van der Waals surface area contributed by atoms with Crippen molar-refractivity contribution in [3.8, 4) is 11.1 Å². The lowest BCUT2D eigenvalue weighted by Gasteiger charge is -1.98. The Balaban J connectivity index is 2.28. The van der Waals surface area contributed by atoms with Gasteiger partial charge in [-0.2, -0.15) is 0 Å². The van der Waals surface area contributed by atoms with E-state index in [4.69, 9.17) is 0 Å². The fourth-order valence-corrected chi connectivity index (χ4v) is 2.23. The average Bonchev–Trinajstić information content (AvgIpc) is 2.56. The number of nitrogens with two attached hydrogens (primary N) is 1. The van der Waals surface area contributed by atoms with Gasteiger partial charge in [-0.05, 0) is 26.0 Å². The van der Waals surface area contributed by atoms with Gasteiger partial charge in [-0.15, -0.1) is 0 Å². The maximum absolute atomic E-state index is 2.27. The zero-order valence-electron chi connectivity index (χ0n) is 9.04. The standard InChI is InChI=1S/C14H13N/c1-9-3-5-13-11(7-9)12-8-10(2)4-6-14(12)15-13/h3-8,15H,1-2H3/p+1. The third-order valence-corrected chi connectivity index (χ3v) is 3.02. The first-order chi connectivity index (χ1) is 7.24. The summed E-state index contributed by atoms with van der Waals surface area (Å²) in [5.74, 6) is 0. The lowest BCUT2D eigenvalue weighted by Crippen LogP contribution is -2.69. The molecule has 15 heavy (non-hydrogen) atoms. The molecule has 1 nitrogen and oxygen atoms in total. The average molecular weight is 196 g/mol. The molecule has 1 aliphatic heterocycles. The van der Waals surface area contributed by atoms with Gasteiger partial charge in [0.15, 0.2) is 0 Å². The molecule has 3 rings (SSSR count). The van der Waals surface area contributed by atoms with Crippen molar-refractivity contribution in [2.24, 2.45) is 0 Å². The Morgan fingerprint density at radius 1 is 0.733 bits per heavy atom. The van der Waals surface area contributed by atoms with E-state index in [1.807, 2.05) is 0 Å². The summed E-state index contributed by atoms with van der Waals surface area (Å²) in [5.41, 5.74) is 8.12. The van der Waals surface area contributed by atoms with Gasteiger partial charge in [0.25, 0.3) is 0 Å². The molecule has 0 aromatic heterocycles. The van der Waals surface area contributed by atoms with Crippen LogP contribution in [0.3, 0.4) is 0 Å². The first-order valence-corrected chi connectivity index (χ1v) is 5.30. The molecule has 74 valence electrons. The lowest BCUT2D eigenvalue weighted by molar-refractivity contribution is -0.473. The summed E-state index contributed by atoms with van der Waals surface area (Å²) in [6.45, 7) is 4.29. The van der Waals surface area contributed by atoms with Gasteiger partial charge in [0.1, 0.15) is 11.4 Å². The van der Waals surface area contributed by atoms with Gasteiger partial charge in [-0.3, -0.25) is 5.32 Å². The Labute approximate surface area is 89.8 Å². The monoisotopic (exact) mass is 196 g/mol. The molecule has 0 fully saturated rings. The predicted molar refractivity (Wildman–Crippen MR) is 62.6 cm³/mol. The van der Waals surface area contributed by atoms with E-state index in [1.54, 1.807) is 0 Å². The molecule has 2 aromatic rings. The van der Waals surface area contributed by atoms with E-state index >= 15 is 0 Å². The highest BCUT2D eigenvalue weighted by Crippen LogP contribution is 2.36. The Hall–Kier alpha value is -1.60. The van der Waals surface area contributed by atoms with E-state index in [-0.39, 0.29) is 0 Å². The summed E-state index contributed by atoms with van der Waals surface area (Å²) >= 11 is 0. The Bertz CT molecular complexity index is 492. The minimum absolute atomic E-state index is 1.33. The van der Waals surface area contributed by atoms with Crippen LogP contribution in [0, 0.1) is 13.8 Å². The molecule has 0 unspecified atom stereocenters. The first kappa shape index (κ1) is 8.69. The summed E-state index contributed by atoms with van der Waals surface area (Å²) in [5, 5.41) is 2.27. The molecule has 2 aromatic carbocycles. The van der Waals surface area contributed by atoms with E-state index in [1.165, 1.54) is 33.6 Å². The van der Waals surface area contributed by atoms with Crippen molar-refractivity contribution in [1.82, 2.24) is 0 Å². The fraction of sp³-hybridized carbons (Fsp3) is 0.143. The van der Waals surface area contributed by atoms with Gasteiger partial charge in [0.2, 0.25) is 0 Å². The van der Waals surface area contributed by atoms with Crippen LogP contribution in [0.4, 0.5) is 11.4 Å². The molecular weight excluding hydrogens is 182 g/mol. The van der Waals surface area contributed by atoms with Crippen LogP contribution in [-0.4, -0.2) is 0 Å². The maximum Gasteiger partial charge on any atom is 0.142 e. The predicted octanol–water partition coefficient (Wildman–Crippen LogP) is 2.81. The van der Waals surface area contributed by atoms with Gasteiger partial charge in [0, 0.05) is 23.3 Å². The minimum atomic E-state index is 1.33. The molecule has 0 spiro atoms. The molecular formula is C14H14N+. The van der Waals surface area contributed by atoms with Crippen LogP contribution in [-0.2, 0) is 0 Å². The van der Waals surface area contributed by atoms with Crippen molar-refractivity contribution >= 4 is 11.4 Å². The van der Waals surface area contributed by atoms with E-state index in [2.05, 4.69) is 55.6 Å². The van der Waals surface area contributed by atoms with Crippen molar-refractivity contribution < 1.29 is 5.32 Å². The molecule has 1 heterocycles. The highest BCUT2D eigenvalue weighted by atomic mass is 14.9. The highest BCUT2D eigenvalue weighted by molar-refractivity contribution is 5.85. The van der Waals surface area contributed by atoms with Crippen LogP contribution >= 0.6 is 0 Å². The van der Waals surface area contributed by atoms with Crippen LogP contribution in [0.15, 0.2) is 36.4 Å². The van der Waals surface area contributed by atoms with Crippen LogP contribution in [0.25, 0.3) is 11.1 Å². The largest absolute Gasteiger partial charge is 0.281 e. The van der Waals surface area contributed by atoms with Crippen LogP contribution in [0.2, 0.25) is 0 Å². The summed E-state index contributed by atoms with van der Waals surface area (Å²) in [4.78, 5) is 0. The lowest BCUT2D eigenvalue weighted by atomic mass is 10.0. The number of hydrogen-bond acceptors (Lipinski definition) is 0. The summed E-state index contributed by atoms with van der Waals surface area (Å²) < 4.78 is 0. The van der Waals surface area contributed by atoms with Crippen molar-refractivity contribution in [1.29, 1.82) is 0 Å². The minimum Gasteiger partial charge on any atom is -0.281 e. The summed E-state index contributed by atoms with van der Waals surface area (Å²) in [6, 6.07) is 13.3. The van der Waals surface area contributed by atoms with Crippen molar-refractivity contribution in [2.75, 3.05) is 0 Å². The van der Waals surface area contributed by atoms with E-state index < -0.39 is 0 Å². The third-order valence-electron chi connectivity index (χ3n) is 3.02. The van der Waals surface area contributed by atoms with Gasteiger partial charge in [-0.25, -0.2) is 0 Å². The molecule has 0 saturated heterocycles. The van der Waals surface area contributed by atoms with Gasteiger partial charge < -0.3 is 0 Å². The fourth-order valence-electron chi connectivity index (χ4n) is 2.23. The highest BCUT2D eigenvalue weighted by Gasteiger charge is 2.22. The zero-order valence-corrected chi connectivity index (χ0v) is 9.04. The van der Waals surface area contributed by atoms with Gasteiger partial charge in [0.05, 0.1) is 0 Å². The first-order valence-electron chi connectivity index (χ1n) is 5.30. The van der Waals surface area contributed by atoms with Gasteiger partial charge in [-0.1, -0.05) is 23.3 Å². The molecule has 2 N–H and O–H groups in total. The molecule has 1 heteroatoms. The zero-order chi connectivity index (χ0) is 10.4. The molecule has 0 bridgehead atoms. The number of hydrogen-bond donors (Lipinski definition) is 1. The Morgan fingerprint density at radius 2 is 1.20 bits per heavy atom. The van der Waals surface area contributed by atoms with Crippen molar-refractivity contribution in [3.63, 3.8) is 0 Å². The molecule has 1 aliphatic rings. The molecule has 0 atom stereocenters. The smallest absolute Gasteiger partial charge is 0.142 e. The Morgan fingerprint density at radius 3 is 1.67 bits per heavy atom. The van der Waals surface area contributed by atoms with Crippen molar-refractivity contribution in [3.05, 3.63) is 47.5 Å². The quantitative estimate of drug-likeness (QED) is 0.532. The second kappa shape index (κ2) is 2.94. The van der Waals surface area contributed by atoms with E-state index in [0.717, 1.165) is 0 Å². The van der Waals surface area contributed by atoms with E-state index in [9.17, 15) is 0 Å². The van der Waals surface area contributed by atoms with Crippen LogP contribution < -0.4 is 5.32 Å². The topological polar surface area (TPSA) is 16.6 Å². The second-order valence-electron chi connectivity index (χ2n) is 4.33. The number of quaternary nitrogens is 1. The van der Waals surface area contributed by atoms with Crippen molar-refractivity contribution in [2.45, 2.75) is 13.8 Å². The van der Waals surface area contributed by atoms with E-state index in [0.29, 0.717) is 0 Å². The van der Waals surface area contributed by atoms with Crippen LogP contribution in [0.5, 0.6) is 0 Å². The molecule has 0 amide bonds. The molecule has 0 radical (unpaired) electrons. The number of aryl methyl sites for hydroxylation is 2. The maximum atomic E-state index is 2.27. The SMILES string of the molecule is Cc1ccc2c(c1)-c1cc(C)ccc1[NH2+]2. The normalized spacial score (nSPS) is 12.4. The molecule has 0 saturated carbocycles. The Kier molecular flexibility index (Phi) is 1.70. The third kappa shape index (κ3) is 1.28. The summed E-state index contributed by atoms with van der Waals surface area (Å²) in [6.07, 6.45) is 0. The second-order valence-corrected chi connectivity index (χ2v) is 4.33. The molecule has 0 aliphatic carbocycles. The summed E-state index contributed by atoms with van der Waals surface area (Å²) in [7, 11) is 0. The van der Waals surface area contributed by atoms with Crippen LogP contribution in [0.1, 0.15) is 11.1 Å². The number of fused-ring (bicyclic) bond motifs is 3. The van der Waals surface area contributed by atoms with Gasteiger partial charge >= 0.3 is 0 Å². The number of rotatable bonds is 0.